The summed E-state index contributed by atoms with van der Waals surface area (Å²) in [7, 11) is 0. The van der Waals surface area contributed by atoms with Gasteiger partial charge in [-0.25, -0.2) is 4.98 Å². The Kier molecular flexibility index (Phi) is 5.29. The molecule has 5 heteroatoms. The van der Waals surface area contributed by atoms with Crippen molar-refractivity contribution in [3.05, 3.63) is 71.0 Å². The molecule has 2 aromatic carbocycles. The lowest BCUT2D eigenvalue weighted by Crippen LogP contribution is -2.22. The smallest absolute Gasteiger partial charge is 0.243 e. The van der Waals surface area contributed by atoms with Crippen molar-refractivity contribution in [1.82, 2.24) is 15.3 Å². The third-order valence-corrected chi connectivity index (χ3v) is 3.84. The van der Waals surface area contributed by atoms with Crippen LogP contribution in [0.5, 0.6) is 0 Å². The number of aryl methyl sites for hydroxylation is 1. The quantitative estimate of drug-likeness (QED) is 0.527. The number of nitrogens with one attached hydrogen (secondary N) is 2. The Morgan fingerprint density at radius 3 is 2.92 bits per heavy atom. The number of carbonyl (C=O) groups excluding carboxylic acids is 1. The van der Waals surface area contributed by atoms with Gasteiger partial charge >= 0.3 is 0 Å². The Hall–Kier alpha value is -2.59. The molecule has 24 heavy (non-hydrogen) atoms. The largest absolute Gasteiger partial charge is 0.353 e. The van der Waals surface area contributed by atoms with E-state index in [9.17, 15) is 4.79 Å². The molecule has 0 aliphatic heterocycles. The lowest BCUT2D eigenvalue weighted by Gasteiger charge is -2.01. The monoisotopic (exact) mass is 339 g/mol. The maximum atomic E-state index is 11.8. The van der Waals surface area contributed by atoms with Crippen LogP contribution >= 0.6 is 11.6 Å². The van der Waals surface area contributed by atoms with Crippen molar-refractivity contribution in [1.29, 1.82) is 0 Å². The molecule has 0 radical (unpaired) electrons. The number of rotatable bonds is 6. The van der Waals surface area contributed by atoms with Crippen LogP contribution in [0.4, 0.5) is 0 Å². The molecule has 0 aliphatic rings. The fourth-order valence-corrected chi connectivity index (χ4v) is 2.63. The summed E-state index contributed by atoms with van der Waals surface area (Å²) in [6.07, 6.45) is 4.90. The van der Waals surface area contributed by atoms with E-state index in [2.05, 4.69) is 15.3 Å². The van der Waals surface area contributed by atoms with Gasteiger partial charge in [0.25, 0.3) is 0 Å². The van der Waals surface area contributed by atoms with E-state index in [-0.39, 0.29) is 5.91 Å². The second-order valence-corrected chi connectivity index (χ2v) is 5.92. The molecule has 1 aromatic heterocycles. The molecule has 0 spiro atoms. The first-order valence-electron chi connectivity index (χ1n) is 7.86. The number of fused-ring (bicyclic) bond motifs is 1. The Morgan fingerprint density at radius 1 is 1.21 bits per heavy atom. The van der Waals surface area contributed by atoms with Gasteiger partial charge in [0.2, 0.25) is 5.91 Å². The van der Waals surface area contributed by atoms with E-state index < -0.39 is 0 Å². The number of amides is 1. The van der Waals surface area contributed by atoms with E-state index in [0.717, 1.165) is 35.3 Å². The second kappa shape index (κ2) is 7.79. The van der Waals surface area contributed by atoms with E-state index >= 15 is 0 Å². The van der Waals surface area contributed by atoms with Gasteiger partial charge in [0.05, 0.1) is 11.0 Å². The topological polar surface area (TPSA) is 57.8 Å². The number of benzene rings is 2. The molecule has 0 saturated carbocycles. The third kappa shape index (κ3) is 4.46. The summed E-state index contributed by atoms with van der Waals surface area (Å²) < 4.78 is 0. The number of hydrogen-bond acceptors (Lipinski definition) is 2. The molecule has 0 saturated heterocycles. The highest BCUT2D eigenvalue weighted by Gasteiger charge is 2.02. The summed E-state index contributed by atoms with van der Waals surface area (Å²) in [4.78, 5) is 19.6. The van der Waals surface area contributed by atoms with E-state index in [4.69, 9.17) is 11.6 Å². The molecule has 0 aliphatic carbocycles. The highest BCUT2D eigenvalue weighted by Crippen LogP contribution is 2.12. The van der Waals surface area contributed by atoms with E-state index in [1.807, 2.05) is 42.5 Å². The number of carbonyl (C=O) groups is 1. The van der Waals surface area contributed by atoms with E-state index in [1.54, 1.807) is 12.1 Å². The highest BCUT2D eigenvalue weighted by atomic mass is 35.5. The predicted octanol–water partition coefficient (Wildman–Crippen LogP) is 3.98. The summed E-state index contributed by atoms with van der Waals surface area (Å²) in [5.74, 6) is 0.833. The summed E-state index contributed by atoms with van der Waals surface area (Å²) >= 11 is 5.91. The first kappa shape index (κ1) is 16.3. The molecule has 1 heterocycles. The van der Waals surface area contributed by atoms with E-state index in [1.165, 1.54) is 6.08 Å². The minimum atomic E-state index is -0.111. The van der Waals surface area contributed by atoms with Crippen molar-refractivity contribution in [3.63, 3.8) is 0 Å². The lowest BCUT2D eigenvalue weighted by molar-refractivity contribution is -0.116. The van der Waals surface area contributed by atoms with Crippen LogP contribution in [0.15, 0.2) is 54.6 Å². The summed E-state index contributed by atoms with van der Waals surface area (Å²) in [6.45, 7) is 0.607. The summed E-state index contributed by atoms with van der Waals surface area (Å²) in [6, 6.07) is 15.3. The standard InChI is InChI=1S/C19H18ClN3O/c20-15-6-3-5-14(13-15)10-11-19(24)21-12-4-9-18-22-16-7-1-2-8-17(16)23-18/h1-3,5-8,10-11,13H,4,9,12H2,(H,21,24)(H,22,23)/b11-10+. The molecule has 1 amide bonds. The van der Waals surface area contributed by atoms with Crippen LogP contribution < -0.4 is 5.32 Å². The van der Waals surface area contributed by atoms with Crippen LogP contribution in [-0.4, -0.2) is 22.4 Å². The Balaban J connectivity index is 1.43. The average molecular weight is 340 g/mol. The first-order valence-corrected chi connectivity index (χ1v) is 8.23. The van der Waals surface area contributed by atoms with Crippen molar-refractivity contribution in [2.24, 2.45) is 0 Å². The third-order valence-electron chi connectivity index (χ3n) is 3.60. The number of aromatic amines is 1. The van der Waals surface area contributed by atoms with Crippen molar-refractivity contribution in [2.45, 2.75) is 12.8 Å². The van der Waals surface area contributed by atoms with Gasteiger partial charge in [-0.3, -0.25) is 4.79 Å². The molecule has 2 N–H and O–H groups in total. The molecular formula is C19H18ClN3O. The average Bonchev–Trinajstić information content (AvgIpc) is 3.00. The molecule has 0 fully saturated rings. The number of nitrogens with zero attached hydrogens (tertiary/aromatic N) is 1. The van der Waals surface area contributed by atoms with Crippen LogP contribution in [0.25, 0.3) is 17.1 Å². The number of halogens is 1. The summed E-state index contributed by atoms with van der Waals surface area (Å²) in [5.41, 5.74) is 2.92. The minimum Gasteiger partial charge on any atom is -0.353 e. The number of para-hydroxylation sites is 2. The zero-order valence-corrected chi connectivity index (χ0v) is 13.9. The second-order valence-electron chi connectivity index (χ2n) is 5.48. The van der Waals surface area contributed by atoms with Crippen molar-refractivity contribution >= 4 is 34.6 Å². The Labute approximate surface area is 145 Å². The zero-order valence-electron chi connectivity index (χ0n) is 13.1. The van der Waals surface area contributed by atoms with Gasteiger partial charge in [-0.15, -0.1) is 0 Å². The lowest BCUT2D eigenvalue weighted by atomic mass is 10.2. The molecule has 0 bridgehead atoms. The van der Waals surface area contributed by atoms with Crippen molar-refractivity contribution in [3.8, 4) is 0 Å². The molecule has 0 unspecified atom stereocenters. The molecule has 4 nitrogen and oxygen atoms in total. The molecule has 3 rings (SSSR count). The number of H-pyrrole nitrogens is 1. The Bertz CT molecular complexity index is 837. The number of aromatic nitrogens is 2. The molecule has 3 aromatic rings. The molecular weight excluding hydrogens is 322 g/mol. The fraction of sp³-hybridized carbons (Fsp3) is 0.158. The molecule has 122 valence electrons. The van der Waals surface area contributed by atoms with Crippen molar-refractivity contribution < 1.29 is 4.79 Å². The van der Waals surface area contributed by atoms with Gasteiger partial charge in [-0.05, 0) is 42.3 Å². The SMILES string of the molecule is O=C(/C=C/c1cccc(Cl)c1)NCCCc1nc2ccccc2[nH]1. The first-order chi connectivity index (χ1) is 11.7. The van der Waals surface area contributed by atoms with Gasteiger partial charge in [0, 0.05) is 24.1 Å². The van der Waals surface area contributed by atoms with Crippen molar-refractivity contribution in [2.75, 3.05) is 6.54 Å². The Morgan fingerprint density at radius 2 is 2.08 bits per heavy atom. The number of hydrogen-bond donors (Lipinski definition) is 2. The highest BCUT2D eigenvalue weighted by molar-refractivity contribution is 6.30. The van der Waals surface area contributed by atoms with Crippen LogP contribution in [0.1, 0.15) is 17.8 Å². The maximum Gasteiger partial charge on any atom is 0.243 e. The fourth-order valence-electron chi connectivity index (χ4n) is 2.43. The maximum absolute atomic E-state index is 11.8. The molecule has 0 atom stereocenters. The van der Waals surface area contributed by atoms with Gasteiger partial charge in [-0.2, -0.15) is 0 Å². The zero-order chi connectivity index (χ0) is 16.8. The normalized spacial score (nSPS) is 11.2. The summed E-state index contributed by atoms with van der Waals surface area (Å²) in [5, 5.41) is 3.53. The van der Waals surface area contributed by atoms with E-state index in [0.29, 0.717) is 11.6 Å². The predicted molar refractivity (Wildman–Crippen MR) is 97.9 cm³/mol. The van der Waals surface area contributed by atoms with Gasteiger partial charge in [0.1, 0.15) is 5.82 Å². The van der Waals surface area contributed by atoms with Crippen LogP contribution in [-0.2, 0) is 11.2 Å². The van der Waals surface area contributed by atoms with Crippen LogP contribution in [0.3, 0.4) is 0 Å². The van der Waals surface area contributed by atoms with Crippen LogP contribution in [0.2, 0.25) is 5.02 Å². The minimum absolute atomic E-state index is 0.111. The van der Waals surface area contributed by atoms with Gasteiger partial charge < -0.3 is 10.3 Å². The number of imidazole rings is 1. The van der Waals surface area contributed by atoms with Gasteiger partial charge in [0.15, 0.2) is 0 Å². The van der Waals surface area contributed by atoms with Gasteiger partial charge in [-0.1, -0.05) is 35.9 Å². The van der Waals surface area contributed by atoms with Crippen LogP contribution in [0, 0.1) is 0 Å².